The lowest BCUT2D eigenvalue weighted by Crippen LogP contribution is -2.27. The predicted octanol–water partition coefficient (Wildman–Crippen LogP) is 1.83. The van der Waals surface area contributed by atoms with E-state index in [4.69, 9.17) is 0 Å². The molecule has 0 bridgehead atoms. The number of thioether (sulfide) groups is 1. The van der Waals surface area contributed by atoms with Crippen molar-refractivity contribution < 1.29 is 4.79 Å². The minimum absolute atomic E-state index is 0.174. The maximum Gasteiger partial charge on any atom is 0.278 e. The molecule has 92 valence electrons. The van der Waals surface area contributed by atoms with Crippen LogP contribution >= 0.6 is 11.8 Å². The second-order valence-corrected chi connectivity index (χ2v) is 4.54. The number of aldehydes is 1. The molecule has 0 fully saturated rings. The molecule has 4 nitrogen and oxygen atoms in total. The Kier molecular flexibility index (Phi) is 3.94. The minimum Gasteiger partial charge on any atom is -0.298 e. The Balaban J connectivity index is 2.41. The average molecular weight is 260 g/mol. The SMILES string of the molecule is CSc1cnn(Cc2ccccc2)c(=O)c1C=O. The summed E-state index contributed by atoms with van der Waals surface area (Å²) in [5, 5.41) is 4.08. The number of hydrogen-bond acceptors (Lipinski definition) is 4. The summed E-state index contributed by atoms with van der Waals surface area (Å²) >= 11 is 1.34. The molecule has 0 aliphatic rings. The van der Waals surface area contributed by atoms with E-state index >= 15 is 0 Å². The Labute approximate surface area is 109 Å². The van der Waals surface area contributed by atoms with Crippen LogP contribution in [-0.2, 0) is 6.54 Å². The lowest BCUT2D eigenvalue weighted by Gasteiger charge is -2.07. The monoisotopic (exact) mass is 260 g/mol. The van der Waals surface area contributed by atoms with E-state index in [1.807, 2.05) is 36.6 Å². The molecule has 18 heavy (non-hydrogen) atoms. The van der Waals surface area contributed by atoms with Gasteiger partial charge in [-0.25, -0.2) is 4.68 Å². The Morgan fingerprint density at radius 2 is 2.06 bits per heavy atom. The first-order valence-electron chi connectivity index (χ1n) is 5.39. The lowest BCUT2D eigenvalue weighted by atomic mass is 10.2. The van der Waals surface area contributed by atoms with Crippen molar-refractivity contribution in [3.63, 3.8) is 0 Å². The molecule has 0 aliphatic heterocycles. The second-order valence-electron chi connectivity index (χ2n) is 3.69. The summed E-state index contributed by atoms with van der Waals surface area (Å²) in [6.45, 7) is 0.370. The molecular formula is C13H12N2O2S. The van der Waals surface area contributed by atoms with Crippen molar-refractivity contribution in [3.8, 4) is 0 Å². The zero-order chi connectivity index (χ0) is 13.0. The topological polar surface area (TPSA) is 52.0 Å². The highest BCUT2D eigenvalue weighted by Gasteiger charge is 2.09. The van der Waals surface area contributed by atoms with Crippen molar-refractivity contribution in [1.29, 1.82) is 0 Å². The Hall–Kier alpha value is -1.88. The van der Waals surface area contributed by atoms with Crippen LogP contribution in [0.1, 0.15) is 15.9 Å². The quantitative estimate of drug-likeness (QED) is 0.621. The number of carbonyl (C=O) groups excluding carboxylic acids is 1. The zero-order valence-corrected chi connectivity index (χ0v) is 10.7. The molecule has 1 aromatic heterocycles. The molecule has 2 rings (SSSR count). The standard InChI is InChI=1S/C13H12N2O2S/c1-18-12-7-14-15(13(17)11(12)9-16)8-10-5-3-2-4-6-10/h2-7,9H,8H2,1H3. The Morgan fingerprint density at radius 3 is 2.67 bits per heavy atom. The molecule has 2 aromatic rings. The van der Waals surface area contributed by atoms with E-state index in [-0.39, 0.29) is 11.1 Å². The van der Waals surface area contributed by atoms with E-state index in [1.54, 1.807) is 6.20 Å². The van der Waals surface area contributed by atoms with Gasteiger partial charge in [-0.3, -0.25) is 9.59 Å². The van der Waals surface area contributed by atoms with E-state index in [0.29, 0.717) is 17.7 Å². The molecule has 0 amide bonds. The van der Waals surface area contributed by atoms with Crippen molar-refractivity contribution in [1.82, 2.24) is 9.78 Å². The van der Waals surface area contributed by atoms with Crippen LogP contribution in [0.2, 0.25) is 0 Å². The summed E-state index contributed by atoms with van der Waals surface area (Å²) in [6.07, 6.45) is 3.96. The number of nitrogens with zero attached hydrogens (tertiary/aromatic N) is 2. The van der Waals surface area contributed by atoms with E-state index in [0.717, 1.165) is 5.56 Å². The van der Waals surface area contributed by atoms with Gasteiger partial charge in [0.1, 0.15) is 0 Å². The van der Waals surface area contributed by atoms with E-state index < -0.39 is 0 Å². The van der Waals surface area contributed by atoms with Gasteiger partial charge in [0.25, 0.3) is 5.56 Å². The van der Waals surface area contributed by atoms with Gasteiger partial charge in [0.05, 0.1) is 18.3 Å². The number of carbonyl (C=O) groups is 1. The smallest absolute Gasteiger partial charge is 0.278 e. The molecule has 1 aromatic carbocycles. The second kappa shape index (κ2) is 5.64. The van der Waals surface area contributed by atoms with Crippen LogP contribution in [0.4, 0.5) is 0 Å². The fourth-order valence-corrected chi connectivity index (χ4v) is 2.14. The maximum absolute atomic E-state index is 12.0. The van der Waals surface area contributed by atoms with Crippen LogP contribution in [0.15, 0.2) is 46.2 Å². The van der Waals surface area contributed by atoms with E-state index in [1.165, 1.54) is 16.4 Å². The molecule has 0 saturated heterocycles. The van der Waals surface area contributed by atoms with Crippen molar-refractivity contribution in [2.24, 2.45) is 0 Å². The zero-order valence-electron chi connectivity index (χ0n) is 9.87. The summed E-state index contributed by atoms with van der Waals surface area (Å²) in [5.74, 6) is 0. The first-order chi connectivity index (χ1) is 8.76. The van der Waals surface area contributed by atoms with Crippen LogP contribution in [0.5, 0.6) is 0 Å². The first-order valence-corrected chi connectivity index (χ1v) is 6.62. The third-order valence-electron chi connectivity index (χ3n) is 2.56. The van der Waals surface area contributed by atoms with Gasteiger partial charge in [0, 0.05) is 4.90 Å². The molecule has 5 heteroatoms. The molecule has 0 atom stereocenters. The lowest BCUT2D eigenvalue weighted by molar-refractivity contribution is 0.111. The van der Waals surface area contributed by atoms with E-state index in [9.17, 15) is 9.59 Å². The summed E-state index contributed by atoms with van der Waals surface area (Å²) in [7, 11) is 0. The van der Waals surface area contributed by atoms with Crippen LogP contribution < -0.4 is 5.56 Å². The largest absolute Gasteiger partial charge is 0.298 e. The number of hydrogen-bond donors (Lipinski definition) is 0. The first kappa shape index (κ1) is 12.6. The third-order valence-corrected chi connectivity index (χ3v) is 3.32. The summed E-state index contributed by atoms with van der Waals surface area (Å²) in [4.78, 5) is 23.6. The highest BCUT2D eigenvalue weighted by atomic mass is 32.2. The van der Waals surface area contributed by atoms with Crippen LogP contribution in [0, 0.1) is 0 Å². The van der Waals surface area contributed by atoms with Crippen molar-refractivity contribution in [2.45, 2.75) is 11.4 Å². The summed E-state index contributed by atoms with van der Waals surface area (Å²) in [6, 6.07) is 9.54. The number of benzene rings is 1. The highest BCUT2D eigenvalue weighted by molar-refractivity contribution is 7.98. The minimum atomic E-state index is -0.347. The van der Waals surface area contributed by atoms with E-state index in [2.05, 4.69) is 5.10 Å². The van der Waals surface area contributed by atoms with Gasteiger partial charge in [0.2, 0.25) is 0 Å². The van der Waals surface area contributed by atoms with Crippen molar-refractivity contribution in [2.75, 3.05) is 6.26 Å². The van der Waals surface area contributed by atoms with Gasteiger partial charge in [-0.05, 0) is 11.8 Å². The molecule has 0 N–H and O–H groups in total. The van der Waals surface area contributed by atoms with Crippen LogP contribution in [0.25, 0.3) is 0 Å². The summed E-state index contributed by atoms with van der Waals surface area (Å²) < 4.78 is 1.30. The van der Waals surface area contributed by atoms with Crippen molar-refractivity contribution >= 4 is 18.0 Å². The molecule has 0 unspecified atom stereocenters. The number of aromatic nitrogens is 2. The van der Waals surface area contributed by atoms with Crippen LogP contribution in [0.3, 0.4) is 0 Å². The molecule has 1 heterocycles. The normalized spacial score (nSPS) is 10.3. The predicted molar refractivity (Wildman–Crippen MR) is 71.2 cm³/mol. The third kappa shape index (κ3) is 2.51. The Morgan fingerprint density at radius 1 is 1.33 bits per heavy atom. The maximum atomic E-state index is 12.0. The fourth-order valence-electron chi connectivity index (χ4n) is 1.63. The molecule has 0 spiro atoms. The van der Waals surface area contributed by atoms with Gasteiger partial charge >= 0.3 is 0 Å². The molecular weight excluding hydrogens is 248 g/mol. The fraction of sp³-hybridized carbons (Fsp3) is 0.154. The van der Waals surface area contributed by atoms with Gasteiger partial charge in [0.15, 0.2) is 6.29 Å². The van der Waals surface area contributed by atoms with Gasteiger partial charge in [-0.1, -0.05) is 30.3 Å². The number of rotatable bonds is 4. The van der Waals surface area contributed by atoms with Gasteiger partial charge in [-0.2, -0.15) is 5.10 Å². The molecule has 0 radical (unpaired) electrons. The van der Waals surface area contributed by atoms with Crippen LogP contribution in [-0.4, -0.2) is 22.3 Å². The van der Waals surface area contributed by atoms with Gasteiger partial charge in [-0.15, -0.1) is 11.8 Å². The van der Waals surface area contributed by atoms with Crippen molar-refractivity contribution in [3.05, 3.63) is 58.0 Å². The van der Waals surface area contributed by atoms with Gasteiger partial charge < -0.3 is 0 Å². The molecule has 0 aliphatic carbocycles. The summed E-state index contributed by atoms with van der Waals surface area (Å²) in [5.41, 5.74) is 0.801. The Bertz CT molecular complexity index is 608. The average Bonchev–Trinajstić information content (AvgIpc) is 2.42. The molecule has 0 saturated carbocycles. The highest BCUT2D eigenvalue weighted by Crippen LogP contribution is 2.14.